The highest BCUT2D eigenvalue weighted by molar-refractivity contribution is 5.71. The summed E-state index contributed by atoms with van der Waals surface area (Å²) in [4.78, 5) is 29.4. The predicted molar refractivity (Wildman–Crippen MR) is 117 cm³/mol. The van der Waals surface area contributed by atoms with E-state index in [0.717, 1.165) is 5.69 Å². The molecule has 0 aliphatic carbocycles. The number of aromatic nitrogens is 5. The lowest BCUT2D eigenvalue weighted by molar-refractivity contribution is 0.0203. The maximum absolute atomic E-state index is 12.5. The van der Waals surface area contributed by atoms with Crippen LogP contribution in [0.2, 0.25) is 0 Å². The zero-order valence-corrected chi connectivity index (χ0v) is 18.6. The average Bonchev–Trinajstić information content (AvgIpc) is 3.51. The van der Waals surface area contributed by atoms with Gasteiger partial charge in [-0.2, -0.15) is 5.10 Å². The molecule has 0 bridgehead atoms. The van der Waals surface area contributed by atoms with Gasteiger partial charge in [0, 0.05) is 25.1 Å². The van der Waals surface area contributed by atoms with Crippen LogP contribution in [0.25, 0.3) is 28.8 Å². The number of amides is 1. The lowest BCUT2D eigenvalue weighted by Gasteiger charge is -2.33. The molecule has 4 aromatic heterocycles. The van der Waals surface area contributed by atoms with Gasteiger partial charge in [0.15, 0.2) is 5.76 Å². The van der Waals surface area contributed by atoms with E-state index in [9.17, 15) is 9.59 Å². The second-order valence-corrected chi connectivity index (χ2v) is 9.01. The van der Waals surface area contributed by atoms with Gasteiger partial charge in [-0.25, -0.2) is 9.31 Å². The first-order chi connectivity index (χ1) is 15.8. The molecule has 5 rings (SSSR count). The number of carbonyl (C=O) groups excluding carboxylic acids is 1. The summed E-state index contributed by atoms with van der Waals surface area (Å²) in [5.74, 6) is 0.977. The third kappa shape index (κ3) is 4.13. The SMILES string of the molecule is CC(C)(C)OC(=O)N1CCC(c2cc(=O)[nH]c3c(-c4nnc(-c5ccco5)o4)cnn23)CC1. The molecule has 0 aromatic carbocycles. The number of likely N-dealkylation sites (tertiary alicyclic amines) is 1. The fourth-order valence-electron chi connectivity index (χ4n) is 3.98. The quantitative estimate of drug-likeness (QED) is 0.500. The number of nitrogens with one attached hydrogen (secondary N) is 1. The molecule has 11 nitrogen and oxygen atoms in total. The summed E-state index contributed by atoms with van der Waals surface area (Å²) in [6.07, 6.45) is 4.17. The van der Waals surface area contributed by atoms with Crippen molar-refractivity contribution >= 4 is 11.7 Å². The van der Waals surface area contributed by atoms with Crippen molar-refractivity contribution < 1.29 is 18.4 Å². The molecule has 4 aromatic rings. The Morgan fingerprint density at radius 1 is 1.21 bits per heavy atom. The number of H-pyrrole nitrogens is 1. The molecule has 1 N–H and O–H groups in total. The first kappa shape index (κ1) is 21.0. The van der Waals surface area contributed by atoms with E-state index in [-0.39, 0.29) is 29.4 Å². The number of carbonyl (C=O) groups is 1. The van der Waals surface area contributed by atoms with Crippen LogP contribution in [0, 0.1) is 0 Å². The topological polar surface area (TPSA) is 132 Å². The number of hydrogen-bond donors (Lipinski definition) is 1. The molecular weight excluding hydrogens is 428 g/mol. The fraction of sp³-hybridized carbons (Fsp3) is 0.409. The Hall–Kier alpha value is -3.89. The van der Waals surface area contributed by atoms with Crippen LogP contribution < -0.4 is 5.56 Å². The summed E-state index contributed by atoms with van der Waals surface area (Å²) < 4.78 is 18.2. The molecule has 0 unspecified atom stereocenters. The Bertz CT molecular complexity index is 1340. The van der Waals surface area contributed by atoms with Crippen molar-refractivity contribution in [3.05, 3.63) is 46.7 Å². The van der Waals surface area contributed by atoms with Crippen molar-refractivity contribution in [1.82, 2.24) is 29.7 Å². The second-order valence-electron chi connectivity index (χ2n) is 9.01. The standard InChI is InChI=1S/C22H24N6O5/c1-22(2,3)33-21(30)27-8-6-13(7-9-27)15-11-17(29)24-18-14(12-23-28(15)18)19-25-26-20(32-19)16-5-4-10-31-16/h4-5,10-13H,6-9H2,1-3H3,(H,24,29). The zero-order valence-electron chi connectivity index (χ0n) is 18.6. The van der Waals surface area contributed by atoms with Gasteiger partial charge in [-0.05, 0) is 45.7 Å². The van der Waals surface area contributed by atoms with Crippen molar-refractivity contribution in [3.63, 3.8) is 0 Å². The number of fused-ring (bicyclic) bond motifs is 1. The lowest BCUT2D eigenvalue weighted by atomic mass is 9.93. The molecule has 1 aliphatic rings. The minimum absolute atomic E-state index is 0.0580. The monoisotopic (exact) mass is 452 g/mol. The van der Waals surface area contributed by atoms with Gasteiger partial charge in [0.2, 0.25) is 0 Å². The molecule has 1 amide bonds. The molecule has 1 fully saturated rings. The molecule has 0 radical (unpaired) electrons. The van der Waals surface area contributed by atoms with Gasteiger partial charge in [-0.15, -0.1) is 10.2 Å². The largest absolute Gasteiger partial charge is 0.459 e. The van der Waals surface area contributed by atoms with E-state index in [1.807, 2.05) is 20.8 Å². The molecule has 0 saturated carbocycles. The fourth-order valence-corrected chi connectivity index (χ4v) is 3.98. The van der Waals surface area contributed by atoms with Crippen molar-refractivity contribution in [2.75, 3.05) is 13.1 Å². The van der Waals surface area contributed by atoms with Gasteiger partial charge in [-0.3, -0.25) is 4.79 Å². The van der Waals surface area contributed by atoms with Crippen LogP contribution in [-0.2, 0) is 4.74 Å². The number of piperidine rings is 1. The van der Waals surface area contributed by atoms with Gasteiger partial charge in [0.1, 0.15) is 16.8 Å². The zero-order chi connectivity index (χ0) is 23.2. The summed E-state index contributed by atoms with van der Waals surface area (Å²) in [6, 6.07) is 5.00. The van der Waals surface area contributed by atoms with Crippen LogP contribution in [0.3, 0.4) is 0 Å². The molecule has 1 aliphatic heterocycles. The number of hydrogen-bond acceptors (Lipinski definition) is 8. The molecular formula is C22H24N6O5. The lowest BCUT2D eigenvalue weighted by Crippen LogP contribution is -2.41. The molecule has 1 saturated heterocycles. The van der Waals surface area contributed by atoms with Crippen LogP contribution >= 0.6 is 0 Å². The highest BCUT2D eigenvalue weighted by Gasteiger charge is 2.29. The van der Waals surface area contributed by atoms with Crippen molar-refractivity contribution in [3.8, 4) is 23.1 Å². The Morgan fingerprint density at radius 2 is 1.97 bits per heavy atom. The summed E-state index contributed by atoms with van der Waals surface area (Å²) >= 11 is 0. The van der Waals surface area contributed by atoms with E-state index in [1.54, 1.807) is 33.8 Å². The van der Waals surface area contributed by atoms with Crippen LogP contribution in [0.15, 0.2) is 44.3 Å². The minimum Gasteiger partial charge on any atom is -0.459 e. The predicted octanol–water partition coefficient (Wildman–Crippen LogP) is 3.45. The van der Waals surface area contributed by atoms with Crippen molar-refractivity contribution in [1.29, 1.82) is 0 Å². The normalized spacial score (nSPS) is 15.3. The highest BCUT2D eigenvalue weighted by atomic mass is 16.6. The maximum Gasteiger partial charge on any atom is 0.410 e. The van der Waals surface area contributed by atoms with E-state index in [1.165, 1.54) is 6.26 Å². The molecule has 11 heteroatoms. The van der Waals surface area contributed by atoms with E-state index in [4.69, 9.17) is 13.6 Å². The first-order valence-electron chi connectivity index (χ1n) is 10.7. The average molecular weight is 452 g/mol. The summed E-state index contributed by atoms with van der Waals surface area (Å²) in [5.41, 5.74) is 0.977. The number of ether oxygens (including phenoxy) is 1. The van der Waals surface area contributed by atoms with Crippen LogP contribution in [-0.4, -0.2) is 54.5 Å². The number of furan rings is 1. The van der Waals surface area contributed by atoms with Gasteiger partial charge in [-0.1, -0.05) is 0 Å². The van der Waals surface area contributed by atoms with E-state index in [2.05, 4.69) is 20.3 Å². The van der Waals surface area contributed by atoms with Gasteiger partial charge in [0.05, 0.1) is 18.2 Å². The van der Waals surface area contributed by atoms with Gasteiger partial charge < -0.3 is 23.5 Å². The van der Waals surface area contributed by atoms with E-state index >= 15 is 0 Å². The Labute approximate surface area is 188 Å². The van der Waals surface area contributed by atoms with Crippen LogP contribution in [0.5, 0.6) is 0 Å². The molecule has 33 heavy (non-hydrogen) atoms. The summed E-state index contributed by atoms with van der Waals surface area (Å²) in [7, 11) is 0. The van der Waals surface area contributed by atoms with E-state index < -0.39 is 5.60 Å². The molecule has 0 spiro atoms. The number of rotatable bonds is 3. The molecule has 0 atom stereocenters. The Morgan fingerprint density at radius 3 is 2.67 bits per heavy atom. The smallest absolute Gasteiger partial charge is 0.410 e. The molecule has 5 heterocycles. The van der Waals surface area contributed by atoms with Crippen LogP contribution in [0.4, 0.5) is 4.79 Å². The van der Waals surface area contributed by atoms with E-state index in [0.29, 0.717) is 42.9 Å². The molecule has 172 valence electrons. The first-order valence-corrected chi connectivity index (χ1v) is 10.7. The number of nitrogens with zero attached hydrogens (tertiary/aromatic N) is 5. The van der Waals surface area contributed by atoms with Gasteiger partial charge in [0.25, 0.3) is 17.3 Å². The summed E-state index contributed by atoms with van der Waals surface area (Å²) in [6.45, 7) is 6.62. The van der Waals surface area contributed by atoms with Crippen molar-refractivity contribution in [2.24, 2.45) is 0 Å². The Kier molecular flexibility index (Phi) is 5.03. The minimum atomic E-state index is -0.538. The highest BCUT2D eigenvalue weighted by Crippen LogP contribution is 2.31. The number of aromatic amines is 1. The second kappa shape index (κ2) is 7.91. The summed E-state index contributed by atoms with van der Waals surface area (Å²) in [5, 5.41) is 12.6. The van der Waals surface area contributed by atoms with Crippen molar-refractivity contribution in [2.45, 2.75) is 45.1 Å². The third-order valence-electron chi connectivity index (χ3n) is 5.49. The maximum atomic E-state index is 12.5. The Balaban J connectivity index is 1.40. The van der Waals surface area contributed by atoms with Gasteiger partial charge >= 0.3 is 6.09 Å². The van der Waals surface area contributed by atoms with Crippen LogP contribution in [0.1, 0.15) is 45.2 Å². The third-order valence-corrected chi connectivity index (χ3v) is 5.49.